The standard InChI is InChI=1S/C13H19N/c1-2-3-4-5-6-7-8-9-10-11-12-13-14/h4-5,7-10H,2-3,6,11-12H2,1H3/b5-4+,8-7+,10-9+. The number of unbranched alkanes of at least 4 members (excludes halogenated alkanes) is 2. The molecule has 0 fully saturated rings. The van der Waals surface area contributed by atoms with Crippen LogP contribution in [-0.4, -0.2) is 0 Å². The zero-order valence-corrected chi connectivity index (χ0v) is 8.95. The van der Waals surface area contributed by atoms with Crippen LogP contribution < -0.4 is 0 Å². The Morgan fingerprint density at radius 1 is 1.00 bits per heavy atom. The van der Waals surface area contributed by atoms with Gasteiger partial charge in [-0.25, -0.2) is 0 Å². The van der Waals surface area contributed by atoms with Crippen molar-refractivity contribution in [3.63, 3.8) is 0 Å². The van der Waals surface area contributed by atoms with E-state index in [0.29, 0.717) is 6.42 Å². The smallest absolute Gasteiger partial charge is 0.0625 e. The Morgan fingerprint density at radius 3 is 2.50 bits per heavy atom. The van der Waals surface area contributed by atoms with Gasteiger partial charge < -0.3 is 0 Å². The Morgan fingerprint density at radius 2 is 1.79 bits per heavy atom. The van der Waals surface area contributed by atoms with Crippen LogP contribution in [0.5, 0.6) is 0 Å². The maximum absolute atomic E-state index is 8.28. The van der Waals surface area contributed by atoms with Gasteiger partial charge in [-0.15, -0.1) is 0 Å². The summed E-state index contributed by atoms with van der Waals surface area (Å²) in [4.78, 5) is 0. The molecular weight excluding hydrogens is 170 g/mol. The van der Waals surface area contributed by atoms with Crippen LogP contribution >= 0.6 is 0 Å². The fraction of sp³-hybridized carbons (Fsp3) is 0.462. The van der Waals surface area contributed by atoms with Crippen molar-refractivity contribution in [2.24, 2.45) is 0 Å². The van der Waals surface area contributed by atoms with E-state index in [4.69, 9.17) is 5.26 Å². The number of nitrogens with zero attached hydrogens (tertiary/aromatic N) is 1. The highest BCUT2D eigenvalue weighted by Gasteiger charge is 1.75. The SMILES string of the molecule is CCC/C=C/C/C=C/C=C/CCC#N. The number of hydrogen-bond donors (Lipinski definition) is 0. The molecule has 0 spiro atoms. The van der Waals surface area contributed by atoms with Gasteiger partial charge in [-0.05, 0) is 19.3 Å². The molecule has 0 aromatic rings. The van der Waals surface area contributed by atoms with Crippen LogP contribution in [-0.2, 0) is 0 Å². The van der Waals surface area contributed by atoms with Crippen LogP contribution in [0.2, 0.25) is 0 Å². The van der Waals surface area contributed by atoms with Crippen LogP contribution in [0.3, 0.4) is 0 Å². The molecule has 76 valence electrons. The first-order valence-electron chi connectivity index (χ1n) is 5.25. The fourth-order valence-electron chi connectivity index (χ4n) is 0.939. The van der Waals surface area contributed by atoms with Gasteiger partial charge >= 0.3 is 0 Å². The first kappa shape index (κ1) is 12.7. The molecule has 0 saturated heterocycles. The van der Waals surface area contributed by atoms with E-state index in [0.717, 1.165) is 12.8 Å². The summed E-state index contributed by atoms with van der Waals surface area (Å²) in [6.45, 7) is 2.18. The van der Waals surface area contributed by atoms with Crippen LogP contribution in [0.25, 0.3) is 0 Å². The van der Waals surface area contributed by atoms with E-state index < -0.39 is 0 Å². The quantitative estimate of drug-likeness (QED) is 0.335. The zero-order chi connectivity index (χ0) is 10.5. The lowest BCUT2D eigenvalue weighted by Gasteiger charge is -1.83. The average Bonchev–Trinajstić information content (AvgIpc) is 2.21. The second kappa shape index (κ2) is 11.7. The maximum Gasteiger partial charge on any atom is 0.0625 e. The van der Waals surface area contributed by atoms with Crippen molar-refractivity contribution in [2.75, 3.05) is 0 Å². The minimum Gasteiger partial charge on any atom is -0.198 e. The van der Waals surface area contributed by atoms with Crippen LogP contribution in [0.1, 0.15) is 39.0 Å². The molecule has 0 saturated carbocycles. The van der Waals surface area contributed by atoms with Gasteiger partial charge in [0.2, 0.25) is 0 Å². The number of allylic oxidation sites excluding steroid dienone is 6. The van der Waals surface area contributed by atoms with Crippen molar-refractivity contribution < 1.29 is 0 Å². The van der Waals surface area contributed by atoms with Gasteiger partial charge in [0.15, 0.2) is 0 Å². The minimum atomic E-state index is 0.612. The third-order valence-corrected chi connectivity index (χ3v) is 1.70. The van der Waals surface area contributed by atoms with E-state index in [2.05, 4.69) is 31.2 Å². The van der Waals surface area contributed by atoms with Gasteiger partial charge in [0.05, 0.1) is 6.07 Å². The van der Waals surface area contributed by atoms with Crippen molar-refractivity contribution in [2.45, 2.75) is 39.0 Å². The molecule has 0 amide bonds. The molecule has 0 aliphatic heterocycles. The highest BCUT2D eigenvalue weighted by Crippen LogP contribution is 1.93. The van der Waals surface area contributed by atoms with E-state index in [-0.39, 0.29) is 0 Å². The van der Waals surface area contributed by atoms with Crippen molar-refractivity contribution >= 4 is 0 Å². The van der Waals surface area contributed by atoms with E-state index in [9.17, 15) is 0 Å². The first-order valence-corrected chi connectivity index (χ1v) is 5.25. The van der Waals surface area contributed by atoms with Crippen molar-refractivity contribution in [3.8, 4) is 6.07 Å². The fourth-order valence-corrected chi connectivity index (χ4v) is 0.939. The second-order valence-electron chi connectivity index (χ2n) is 3.05. The Labute approximate surface area is 87.4 Å². The summed E-state index contributed by atoms with van der Waals surface area (Å²) in [5.41, 5.74) is 0. The predicted octanol–water partition coefficient (Wildman–Crippen LogP) is 4.15. The third kappa shape index (κ3) is 10.7. The molecule has 1 nitrogen and oxygen atoms in total. The summed E-state index contributed by atoms with van der Waals surface area (Å²) in [7, 11) is 0. The molecule has 0 N–H and O–H groups in total. The largest absolute Gasteiger partial charge is 0.198 e. The number of rotatable bonds is 7. The summed E-state index contributed by atoms with van der Waals surface area (Å²) in [5.74, 6) is 0. The molecule has 0 unspecified atom stereocenters. The molecule has 0 aliphatic carbocycles. The Kier molecular flexibility index (Phi) is 10.6. The van der Waals surface area contributed by atoms with Gasteiger partial charge in [0.1, 0.15) is 0 Å². The molecule has 0 heterocycles. The lowest BCUT2D eigenvalue weighted by molar-refractivity contribution is 0.954. The molecule has 0 rings (SSSR count). The van der Waals surface area contributed by atoms with Crippen molar-refractivity contribution in [1.82, 2.24) is 0 Å². The highest BCUT2D eigenvalue weighted by atomic mass is 14.2. The summed E-state index contributed by atoms with van der Waals surface area (Å²) in [6, 6.07) is 2.11. The Balaban J connectivity index is 3.35. The molecular formula is C13H19N. The van der Waals surface area contributed by atoms with Crippen LogP contribution in [0.15, 0.2) is 36.5 Å². The summed E-state index contributed by atoms with van der Waals surface area (Å²) < 4.78 is 0. The predicted molar refractivity (Wildman–Crippen MR) is 61.8 cm³/mol. The van der Waals surface area contributed by atoms with E-state index in [1.807, 2.05) is 18.2 Å². The summed E-state index contributed by atoms with van der Waals surface area (Å²) in [6.07, 6.45) is 17.4. The highest BCUT2D eigenvalue weighted by molar-refractivity contribution is 5.05. The molecule has 0 atom stereocenters. The molecule has 0 aromatic heterocycles. The van der Waals surface area contributed by atoms with Gasteiger partial charge in [-0.1, -0.05) is 49.8 Å². The van der Waals surface area contributed by atoms with Crippen LogP contribution in [0, 0.1) is 11.3 Å². The van der Waals surface area contributed by atoms with Gasteiger partial charge in [0.25, 0.3) is 0 Å². The van der Waals surface area contributed by atoms with Gasteiger partial charge in [0, 0.05) is 6.42 Å². The normalized spacial score (nSPS) is 11.7. The van der Waals surface area contributed by atoms with E-state index in [1.54, 1.807) is 0 Å². The minimum absolute atomic E-state index is 0.612. The van der Waals surface area contributed by atoms with Crippen LogP contribution in [0.4, 0.5) is 0 Å². The molecule has 0 aromatic carbocycles. The Hall–Kier alpha value is -1.29. The number of nitriles is 1. The lowest BCUT2D eigenvalue weighted by Crippen LogP contribution is -1.63. The first-order chi connectivity index (χ1) is 6.91. The zero-order valence-electron chi connectivity index (χ0n) is 8.95. The molecule has 14 heavy (non-hydrogen) atoms. The van der Waals surface area contributed by atoms with Crippen molar-refractivity contribution in [3.05, 3.63) is 36.5 Å². The monoisotopic (exact) mass is 189 g/mol. The third-order valence-electron chi connectivity index (χ3n) is 1.70. The molecule has 1 heteroatoms. The maximum atomic E-state index is 8.28. The van der Waals surface area contributed by atoms with Crippen molar-refractivity contribution in [1.29, 1.82) is 5.26 Å². The van der Waals surface area contributed by atoms with E-state index >= 15 is 0 Å². The molecule has 0 aliphatic rings. The Bertz CT molecular complexity index is 228. The van der Waals surface area contributed by atoms with Gasteiger partial charge in [-0.3, -0.25) is 0 Å². The van der Waals surface area contributed by atoms with E-state index in [1.165, 1.54) is 12.8 Å². The second-order valence-corrected chi connectivity index (χ2v) is 3.05. The molecule has 0 bridgehead atoms. The summed E-state index contributed by atoms with van der Waals surface area (Å²) in [5, 5.41) is 8.28. The topological polar surface area (TPSA) is 23.8 Å². The lowest BCUT2D eigenvalue weighted by atomic mass is 10.2. The summed E-state index contributed by atoms with van der Waals surface area (Å²) >= 11 is 0. The molecule has 0 radical (unpaired) electrons. The number of hydrogen-bond acceptors (Lipinski definition) is 1. The average molecular weight is 189 g/mol. The van der Waals surface area contributed by atoms with Gasteiger partial charge in [-0.2, -0.15) is 5.26 Å².